The van der Waals surface area contributed by atoms with Crippen molar-refractivity contribution in [3.63, 3.8) is 0 Å². The largest absolute Gasteiger partial charge is 0.508 e. The molecular formula is C28H26N4O2. The zero-order valence-electron chi connectivity index (χ0n) is 18.8. The van der Waals surface area contributed by atoms with Gasteiger partial charge < -0.3 is 16.2 Å². The third-order valence-corrected chi connectivity index (χ3v) is 6.09. The number of hydrogen-bond acceptors (Lipinski definition) is 5. The number of rotatable bonds is 6. The Morgan fingerprint density at radius 3 is 2.53 bits per heavy atom. The van der Waals surface area contributed by atoms with Crippen molar-refractivity contribution in [3.05, 3.63) is 89.6 Å². The van der Waals surface area contributed by atoms with Gasteiger partial charge in [-0.2, -0.15) is 0 Å². The summed E-state index contributed by atoms with van der Waals surface area (Å²) in [6.45, 7) is 0. The number of phenolic OH excluding ortho intramolecular Hbond substituents is 1. The molecule has 4 N–H and O–H groups in total. The number of aryl methyl sites for hydroxylation is 3. The highest BCUT2D eigenvalue weighted by atomic mass is 16.3. The van der Waals surface area contributed by atoms with Gasteiger partial charge in [-0.05, 0) is 73.2 Å². The Morgan fingerprint density at radius 2 is 1.74 bits per heavy atom. The summed E-state index contributed by atoms with van der Waals surface area (Å²) in [5, 5.41) is 12.7. The number of nitrogens with one attached hydrogen (secondary N) is 1. The zero-order chi connectivity index (χ0) is 23.5. The number of nitrogen functional groups attached to an aromatic ring is 1. The number of phenols is 1. The number of benzene rings is 3. The topological polar surface area (TPSA) is 101 Å². The Kier molecular flexibility index (Phi) is 5.95. The molecule has 1 aromatic heterocycles. The lowest BCUT2D eigenvalue weighted by atomic mass is 9.91. The van der Waals surface area contributed by atoms with E-state index >= 15 is 0 Å². The lowest BCUT2D eigenvalue weighted by Crippen LogP contribution is -2.17. The van der Waals surface area contributed by atoms with Gasteiger partial charge in [-0.25, -0.2) is 9.97 Å². The molecule has 1 aliphatic rings. The molecule has 34 heavy (non-hydrogen) atoms. The van der Waals surface area contributed by atoms with E-state index < -0.39 is 0 Å². The van der Waals surface area contributed by atoms with Crippen molar-refractivity contribution in [1.82, 2.24) is 9.97 Å². The quantitative estimate of drug-likeness (QED) is 0.352. The van der Waals surface area contributed by atoms with Gasteiger partial charge in [0, 0.05) is 23.2 Å². The molecule has 0 unspecified atom stereocenters. The van der Waals surface area contributed by atoms with Crippen LogP contribution in [0.4, 0.5) is 11.5 Å². The lowest BCUT2D eigenvalue weighted by molar-refractivity contribution is -0.116. The van der Waals surface area contributed by atoms with Crippen molar-refractivity contribution in [3.8, 4) is 28.3 Å². The third kappa shape index (κ3) is 4.62. The van der Waals surface area contributed by atoms with E-state index in [-0.39, 0.29) is 11.7 Å². The summed E-state index contributed by atoms with van der Waals surface area (Å²) in [6.07, 6.45) is 3.54. The molecule has 0 atom stereocenters. The highest BCUT2D eigenvalue weighted by Crippen LogP contribution is 2.36. The van der Waals surface area contributed by atoms with E-state index in [9.17, 15) is 9.90 Å². The summed E-state index contributed by atoms with van der Waals surface area (Å²) in [5.74, 6) is 0.532. The van der Waals surface area contributed by atoms with Gasteiger partial charge >= 0.3 is 0 Å². The van der Waals surface area contributed by atoms with Gasteiger partial charge in [0.2, 0.25) is 5.91 Å². The minimum absolute atomic E-state index is 0.0887. The Morgan fingerprint density at radius 1 is 0.941 bits per heavy atom. The van der Waals surface area contributed by atoms with E-state index in [4.69, 9.17) is 15.7 Å². The van der Waals surface area contributed by atoms with E-state index in [2.05, 4.69) is 17.4 Å². The second-order valence-electron chi connectivity index (χ2n) is 8.57. The van der Waals surface area contributed by atoms with Crippen LogP contribution in [0.5, 0.6) is 5.75 Å². The predicted octanol–water partition coefficient (Wildman–Crippen LogP) is 5.16. The SMILES string of the molecule is Nc1ccc2c(c1)CCc1nc(NC(=O)CCCc3ccccc3)c(-c3ccc(O)cc3)nc1-2. The first-order valence-corrected chi connectivity index (χ1v) is 11.5. The third-order valence-electron chi connectivity index (χ3n) is 6.09. The van der Waals surface area contributed by atoms with Gasteiger partial charge in [-0.1, -0.05) is 36.4 Å². The molecule has 5 rings (SSSR count). The number of carbonyl (C=O) groups is 1. The van der Waals surface area contributed by atoms with Crippen LogP contribution in [0.2, 0.25) is 0 Å². The highest BCUT2D eigenvalue weighted by molar-refractivity contribution is 5.94. The highest BCUT2D eigenvalue weighted by Gasteiger charge is 2.23. The van der Waals surface area contributed by atoms with Crippen LogP contribution in [-0.4, -0.2) is 21.0 Å². The number of aromatic hydroxyl groups is 1. The number of carbonyl (C=O) groups excluding carboxylic acids is 1. The maximum Gasteiger partial charge on any atom is 0.225 e. The average molecular weight is 451 g/mol. The number of hydrogen-bond donors (Lipinski definition) is 3. The molecule has 3 aromatic carbocycles. The molecule has 0 saturated heterocycles. The van der Waals surface area contributed by atoms with E-state index in [1.54, 1.807) is 24.3 Å². The van der Waals surface area contributed by atoms with Crippen LogP contribution in [0.25, 0.3) is 22.5 Å². The molecule has 1 aliphatic carbocycles. The average Bonchev–Trinajstić information content (AvgIpc) is 2.84. The van der Waals surface area contributed by atoms with Gasteiger partial charge in [0.25, 0.3) is 0 Å². The van der Waals surface area contributed by atoms with E-state index in [0.717, 1.165) is 59.4 Å². The molecule has 0 aliphatic heterocycles. The van der Waals surface area contributed by atoms with Gasteiger partial charge in [0.15, 0.2) is 5.82 Å². The molecule has 6 nitrogen and oxygen atoms in total. The first-order chi connectivity index (χ1) is 16.6. The minimum atomic E-state index is -0.0887. The number of aromatic nitrogens is 2. The monoisotopic (exact) mass is 450 g/mol. The van der Waals surface area contributed by atoms with E-state index in [1.165, 1.54) is 5.56 Å². The predicted molar refractivity (Wildman–Crippen MR) is 134 cm³/mol. The minimum Gasteiger partial charge on any atom is -0.508 e. The van der Waals surface area contributed by atoms with Crippen molar-refractivity contribution < 1.29 is 9.90 Å². The molecule has 4 aromatic rings. The van der Waals surface area contributed by atoms with E-state index in [1.807, 2.05) is 36.4 Å². The molecule has 0 spiro atoms. The summed E-state index contributed by atoms with van der Waals surface area (Å²) < 4.78 is 0. The van der Waals surface area contributed by atoms with Crippen LogP contribution < -0.4 is 11.1 Å². The van der Waals surface area contributed by atoms with Gasteiger partial charge in [-0.15, -0.1) is 0 Å². The number of nitrogens with two attached hydrogens (primary N) is 1. The smallest absolute Gasteiger partial charge is 0.225 e. The normalized spacial score (nSPS) is 12.0. The summed E-state index contributed by atoms with van der Waals surface area (Å²) >= 11 is 0. The van der Waals surface area contributed by atoms with Crippen molar-refractivity contribution in [2.45, 2.75) is 32.1 Å². The molecule has 0 fully saturated rings. The first-order valence-electron chi connectivity index (χ1n) is 11.5. The Labute approximate surface area is 198 Å². The van der Waals surface area contributed by atoms with Crippen LogP contribution in [0.15, 0.2) is 72.8 Å². The van der Waals surface area contributed by atoms with Crippen molar-refractivity contribution in [2.75, 3.05) is 11.1 Å². The fourth-order valence-corrected chi connectivity index (χ4v) is 4.36. The van der Waals surface area contributed by atoms with Crippen molar-refractivity contribution >= 4 is 17.4 Å². The molecule has 0 bridgehead atoms. The Balaban J connectivity index is 1.44. The van der Waals surface area contributed by atoms with Gasteiger partial charge in [-0.3, -0.25) is 4.79 Å². The van der Waals surface area contributed by atoms with Crippen LogP contribution in [0.1, 0.15) is 29.7 Å². The summed E-state index contributed by atoms with van der Waals surface area (Å²) in [6, 6.07) is 22.8. The summed E-state index contributed by atoms with van der Waals surface area (Å²) in [7, 11) is 0. The number of amides is 1. The fourth-order valence-electron chi connectivity index (χ4n) is 4.36. The van der Waals surface area contributed by atoms with Crippen LogP contribution in [-0.2, 0) is 24.1 Å². The Bertz CT molecular complexity index is 1330. The maximum absolute atomic E-state index is 12.8. The maximum atomic E-state index is 12.8. The zero-order valence-corrected chi connectivity index (χ0v) is 18.8. The standard InChI is InChI=1S/C28H26N4O2/c29-21-12-15-23-20(17-21)11-16-24-27(23)32-26(19-9-13-22(33)14-10-19)28(30-24)31-25(34)8-4-7-18-5-2-1-3-6-18/h1-3,5-6,9-10,12-15,17,33H,4,7-8,11,16,29H2,(H,30,31,34). The first kappa shape index (κ1) is 21.6. The number of fused-ring (bicyclic) bond motifs is 3. The Hall–Kier alpha value is -4.19. The summed E-state index contributed by atoms with van der Waals surface area (Å²) in [4.78, 5) is 22.6. The second kappa shape index (κ2) is 9.35. The van der Waals surface area contributed by atoms with Crippen LogP contribution in [0.3, 0.4) is 0 Å². The second-order valence-corrected chi connectivity index (χ2v) is 8.57. The fraction of sp³-hybridized carbons (Fsp3) is 0.179. The molecule has 1 heterocycles. The summed E-state index contributed by atoms with van der Waals surface area (Å²) in [5.41, 5.74) is 13.1. The number of anilines is 2. The van der Waals surface area contributed by atoms with Crippen LogP contribution in [0, 0.1) is 0 Å². The molecule has 6 heteroatoms. The van der Waals surface area contributed by atoms with Gasteiger partial charge in [0.1, 0.15) is 11.4 Å². The lowest BCUT2D eigenvalue weighted by Gasteiger charge is -2.21. The van der Waals surface area contributed by atoms with Crippen LogP contribution >= 0.6 is 0 Å². The van der Waals surface area contributed by atoms with Gasteiger partial charge in [0.05, 0.1) is 11.4 Å². The number of nitrogens with zero attached hydrogens (tertiary/aromatic N) is 2. The van der Waals surface area contributed by atoms with E-state index in [0.29, 0.717) is 17.9 Å². The molecule has 0 radical (unpaired) electrons. The van der Waals surface area contributed by atoms with Crippen molar-refractivity contribution in [2.24, 2.45) is 0 Å². The molecule has 1 amide bonds. The molecular weight excluding hydrogens is 424 g/mol. The molecule has 0 saturated carbocycles. The molecule has 170 valence electrons. The van der Waals surface area contributed by atoms with Crippen molar-refractivity contribution in [1.29, 1.82) is 0 Å².